The summed E-state index contributed by atoms with van der Waals surface area (Å²) in [5.74, 6) is 0. The molecule has 0 atom stereocenters. The predicted molar refractivity (Wildman–Crippen MR) is 65.4 cm³/mol. The summed E-state index contributed by atoms with van der Waals surface area (Å²) < 4.78 is 28.2. The second-order valence-electron chi connectivity index (χ2n) is 4.69. The van der Waals surface area contributed by atoms with Crippen molar-refractivity contribution in [3.05, 3.63) is 0 Å². The molecule has 0 unspecified atom stereocenters. The van der Waals surface area contributed by atoms with Crippen LogP contribution in [0.1, 0.15) is 32.1 Å². The molecule has 1 aliphatic carbocycles. The fourth-order valence-corrected chi connectivity index (χ4v) is 3.76. The number of ether oxygens (including phenoxy) is 1. The Balaban J connectivity index is 2.57. The van der Waals surface area contributed by atoms with Crippen LogP contribution >= 0.6 is 0 Å². The van der Waals surface area contributed by atoms with Crippen molar-refractivity contribution in [2.24, 2.45) is 0 Å². The normalized spacial score (nSPS) is 20.9. The van der Waals surface area contributed by atoms with Gasteiger partial charge in [0, 0.05) is 26.5 Å². The number of hydrogen-bond acceptors (Lipinski definition) is 4. The highest BCUT2D eigenvalue weighted by Gasteiger charge is 2.41. The van der Waals surface area contributed by atoms with Crippen molar-refractivity contribution in [2.45, 2.75) is 36.9 Å². The first-order valence-electron chi connectivity index (χ1n) is 5.91. The van der Waals surface area contributed by atoms with Gasteiger partial charge in [-0.25, -0.2) is 8.42 Å². The van der Waals surface area contributed by atoms with Crippen LogP contribution in [0.5, 0.6) is 0 Å². The van der Waals surface area contributed by atoms with Crippen molar-refractivity contribution in [2.75, 3.05) is 33.1 Å². The van der Waals surface area contributed by atoms with Crippen LogP contribution in [0, 0.1) is 0 Å². The van der Waals surface area contributed by atoms with E-state index in [9.17, 15) is 8.42 Å². The maximum atomic E-state index is 11.9. The van der Waals surface area contributed by atoms with Gasteiger partial charge < -0.3 is 10.1 Å². The highest BCUT2D eigenvalue weighted by molar-refractivity contribution is 7.92. The Kier molecular flexibility index (Phi) is 5.21. The van der Waals surface area contributed by atoms with Gasteiger partial charge in [0.05, 0.1) is 11.4 Å². The van der Waals surface area contributed by atoms with E-state index in [0.29, 0.717) is 19.7 Å². The molecule has 0 spiro atoms. The molecule has 0 aromatic carbocycles. The van der Waals surface area contributed by atoms with E-state index in [-0.39, 0.29) is 0 Å². The SMILES string of the molecule is COCCNCC1(S(C)(=O)=O)CCCCC1. The lowest BCUT2D eigenvalue weighted by Gasteiger charge is -2.35. The first kappa shape index (κ1) is 13.9. The number of rotatable bonds is 6. The molecule has 1 N–H and O–H groups in total. The molecular formula is C11H23NO3S. The third-order valence-electron chi connectivity index (χ3n) is 3.48. The maximum Gasteiger partial charge on any atom is 0.154 e. The summed E-state index contributed by atoms with van der Waals surface area (Å²) in [6.45, 7) is 1.91. The zero-order valence-corrected chi connectivity index (χ0v) is 11.1. The fourth-order valence-electron chi connectivity index (χ4n) is 2.37. The molecule has 0 amide bonds. The summed E-state index contributed by atoms with van der Waals surface area (Å²) in [7, 11) is -1.33. The molecule has 0 aromatic rings. The van der Waals surface area contributed by atoms with E-state index in [1.807, 2.05) is 0 Å². The molecule has 1 rings (SSSR count). The summed E-state index contributed by atoms with van der Waals surface area (Å²) in [4.78, 5) is 0. The third-order valence-corrected chi connectivity index (χ3v) is 5.61. The number of hydrogen-bond donors (Lipinski definition) is 1. The van der Waals surface area contributed by atoms with Gasteiger partial charge in [0.15, 0.2) is 9.84 Å². The smallest absolute Gasteiger partial charge is 0.154 e. The van der Waals surface area contributed by atoms with Crippen molar-refractivity contribution in [3.63, 3.8) is 0 Å². The molecule has 96 valence electrons. The Morgan fingerprint density at radius 3 is 2.38 bits per heavy atom. The van der Waals surface area contributed by atoms with Crippen LogP contribution in [0.25, 0.3) is 0 Å². The Morgan fingerprint density at radius 1 is 1.25 bits per heavy atom. The molecule has 1 saturated carbocycles. The Labute approximate surface area is 98.7 Å². The van der Waals surface area contributed by atoms with Crippen molar-refractivity contribution in [1.82, 2.24) is 5.32 Å². The molecule has 0 heterocycles. The number of methoxy groups -OCH3 is 1. The second-order valence-corrected chi connectivity index (χ2v) is 7.10. The molecule has 0 bridgehead atoms. The predicted octanol–water partition coefficient (Wildman–Crippen LogP) is 0.970. The average Bonchev–Trinajstić information content (AvgIpc) is 2.24. The minimum absolute atomic E-state index is 0.529. The summed E-state index contributed by atoms with van der Waals surface area (Å²) in [5, 5.41) is 3.20. The Bertz CT molecular complexity index is 294. The monoisotopic (exact) mass is 249 g/mol. The molecule has 1 fully saturated rings. The van der Waals surface area contributed by atoms with Gasteiger partial charge in [0.1, 0.15) is 0 Å². The van der Waals surface area contributed by atoms with Crippen LogP contribution in [0.4, 0.5) is 0 Å². The van der Waals surface area contributed by atoms with E-state index >= 15 is 0 Å². The lowest BCUT2D eigenvalue weighted by Crippen LogP contribution is -2.48. The van der Waals surface area contributed by atoms with Crippen LogP contribution in [0.15, 0.2) is 0 Å². The lowest BCUT2D eigenvalue weighted by atomic mass is 9.88. The quantitative estimate of drug-likeness (QED) is 0.713. The molecule has 16 heavy (non-hydrogen) atoms. The first-order chi connectivity index (χ1) is 7.52. The van der Waals surface area contributed by atoms with Crippen LogP contribution in [0.3, 0.4) is 0 Å². The first-order valence-corrected chi connectivity index (χ1v) is 7.80. The summed E-state index contributed by atoms with van der Waals surface area (Å²) in [6, 6.07) is 0. The molecule has 0 aliphatic heterocycles. The van der Waals surface area contributed by atoms with Gasteiger partial charge >= 0.3 is 0 Å². The van der Waals surface area contributed by atoms with Crippen LogP contribution in [0.2, 0.25) is 0 Å². The van der Waals surface area contributed by atoms with E-state index in [1.165, 1.54) is 6.26 Å². The van der Waals surface area contributed by atoms with E-state index in [2.05, 4.69) is 5.32 Å². The van der Waals surface area contributed by atoms with Crippen LogP contribution in [-0.4, -0.2) is 46.2 Å². The summed E-state index contributed by atoms with van der Waals surface area (Å²) in [6.07, 6.45) is 6.18. The lowest BCUT2D eigenvalue weighted by molar-refractivity contribution is 0.197. The van der Waals surface area contributed by atoms with Crippen molar-refractivity contribution >= 4 is 9.84 Å². The molecule has 0 aromatic heterocycles. The number of sulfone groups is 1. The average molecular weight is 249 g/mol. The van der Waals surface area contributed by atoms with E-state index < -0.39 is 14.6 Å². The van der Waals surface area contributed by atoms with Gasteiger partial charge in [0.25, 0.3) is 0 Å². The Hall–Kier alpha value is -0.130. The molecule has 4 nitrogen and oxygen atoms in total. The molecular weight excluding hydrogens is 226 g/mol. The topological polar surface area (TPSA) is 55.4 Å². The third kappa shape index (κ3) is 3.43. The van der Waals surface area contributed by atoms with Gasteiger partial charge in [-0.15, -0.1) is 0 Å². The largest absolute Gasteiger partial charge is 0.383 e. The molecule has 0 saturated heterocycles. The molecule has 0 radical (unpaired) electrons. The summed E-state index contributed by atoms with van der Waals surface area (Å²) in [5.41, 5.74) is 0. The fraction of sp³-hybridized carbons (Fsp3) is 1.00. The Morgan fingerprint density at radius 2 is 1.88 bits per heavy atom. The van der Waals surface area contributed by atoms with E-state index in [4.69, 9.17) is 4.74 Å². The maximum absolute atomic E-state index is 11.9. The van der Waals surface area contributed by atoms with Crippen LogP contribution in [-0.2, 0) is 14.6 Å². The zero-order valence-electron chi connectivity index (χ0n) is 10.3. The zero-order chi connectivity index (χ0) is 12.1. The minimum Gasteiger partial charge on any atom is -0.383 e. The van der Waals surface area contributed by atoms with Gasteiger partial charge in [0.2, 0.25) is 0 Å². The molecule has 5 heteroatoms. The standard InChI is InChI=1S/C11H23NO3S/c1-15-9-8-12-10-11(16(2,13)14)6-4-3-5-7-11/h12H,3-10H2,1-2H3. The van der Waals surface area contributed by atoms with Gasteiger partial charge in [-0.2, -0.15) is 0 Å². The highest BCUT2D eigenvalue weighted by Crippen LogP contribution is 2.34. The van der Waals surface area contributed by atoms with Crippen molar-refractivity contribution in [1.29, 1.82) is 0 Å². The van der Waals surface area contributed by atoms with Gasteiger partial charge in [-0.3, -0.25) is 0 Å². The highest BCUT2D eigenvalue weighted by atomic mass is 32.2. The van der Waals surface area contributed by atoms with Gasteiger partial charge in [-0.05, 0) is 12.8 Å². The van der Waals surface area contributed by atoms with Crippen LogP contribution < -0.4 is 5.32 Å². The second kappa shape index (κ2) is 5.98. The minimum atomic E-state index is -2.98. The van der Waals surface area contributed by atoms with Crippen molar-refractivity contribution in [3.8, 4) is 0 Å². The van der Waals surface area contributed by atoms with E-state index in [0.717, 1.165) is 32.1 Å². The molecule has 1 aliphatic rings. The summed E-state index contributed by atoms with van der Waals surface area (Å²) >= 11 is 0. The number of nitrogens with one attached hydrogen (secondary N) is 1. The van der Waals surface area contributed by atoms with Crippen molar-refractivity contribution < 1.29 is 13.2 Å². The van der Waals surface area contributed by atoms with Gasteiger partial charge in [-0.1, -0.05) is 19.3 Å². The van der Waals surface area contributed by atoms with E-state index in [1.54, 1.807) is 7.11 Å².